The molecule has 164 valence electrons. The summed E-state index contributed by atoms with van der Waals surface area (Å²) in [5.41, 5.74) is 6.67. The molecule has 0 amide bonds. The van der Waals surface area contributed by atoms with E-state index in [4.69, 9.17) is 19.3 Å². The average molecular weight is 440 g/mol. The minimum atomic E-state index is 0.535. The van der Waals surface area contributed by atoms with Crippen molar-refractivity contribution in [1.82, 2.24) is 4.68 Å². The molecular formula is C24H29N3O3S. The van der Waals surface area contributed by atoms with Crippen molar-refractivity contribution in [3.63, 3.8) is 0 Å². The summed E-state index contributed by atoms with van der Waals surface area (Å²) in [6, 6.07) is 8.16. The zero-order valence-electron chi connectivity index (χ0n) is 19.1. The largest absolute Gasteiger partial charge is 0.493 e. The SMILES string of the molecule is CCN=c1scc(-c2cc(C)c(C)cc2C)n1N=Cc1ccc(OC)c(OC)c1OC. The zero-order chi connectivity index (χ0) is 22.5. The molecule has 0 aliphatic heterocycles. The van der Waals surface area contributed by atoms with Crippen LogP contribution in [0.25, 0.3) is 11.3 Å². The molecule has 0 unspecified atom stereocenters. The number of methoxy groups -OCH3 is 3. The summed E-state index contributed by atoms with van der Waals surface area (Å²) in [5, 5.41) is 6.90. The van der Waals surface area contributed by atoms with Crippen LogP contribution in [0.4, 0.5) is 0 Å². The van der Waals surface area contributed by atoms with Gasteiger partial charge in [0.1, 0.15) is 0 Å². The first-order valence-electron chi connectivity index (χ1n) is 10.1. The van der Waals surface area contributed by atoms with Crippen LogP contribution < -0.4 is 19.0 Å². The Morgan fingerprint density at radius 1 is 0.935 bits per heavy atom. The second-order valence-corrected chi connectivity index (χ2v) is 7.95. The maximum Gasteiger partial charge on any atom is 0.206 e. The molecule has 3 rings (SSSR count). The Labute approximate surface area is 187 Å². The van der Waals surface area contributed by atoms with Gasteiger partial charge in [-0.3, -0.25) is 4.99 Å². The Morgan fingerprint density at radius 3 is 2.29 bits per heavy atom. The number of thiazole rings is 1. The van der Waals surface area contributed by atoms with Crippen LogP contribution in [0.5, 0.6) is 17.2 Å². The third-order valence-electron chi connectivity index (χ3n) is 5.14. The number of hydrogen-bond acceptors (Lipinski definition) is 6. The van der Waals surface area contributed by atoms with Gasteiger partial charge < -0.3 is 14.2 Å². The van der Waals surface area contributed by atoms with E-state index in [-0.39, 0.29) is 0 Å². The quantitative estimate of drug-likeness (QED) is 0.489. The lowest BCUT2D eigenvalue weighted by Gasteiger charge is -2.14. The first-order valence-corrected chi connectivity index (χ1v) is 11.0. The molecule has 6 nitrogen and oxygen atoms in total. The highest BCUT2D eigenvalue weighted by Gasteiger charge is 2.16. The Morgan fingerprint density at radius 2 is 1.65 bits per heavy atom. The fourth-order valence-electron chi connectivity index (χ4n) is 3.42. The van der Waals surface area contributed by atoms with Gasteiger partial charge in [0.25, 0.3) is 0 Å². The Balaban J connectivity index is 2.17. The van der Waals surface area contributed by atoms with Gasteiger partial charge in [-0.2, -0.15) is 5.10 Å². The van der Waals surface area contributed by atoms with Gasteiger partial charge in [0.2, 0.25) is 10.6 Å². The smallest absolute Gasteiger partial charge is 0.206 e. The van der Waals surface area contributed by atoms with Crippen LogP contribution in [0.2, 0.25) is 0 Å². The van der Waals surface area contributed by atoms with Crippen LogP contribution in [-0.2, 0) is 0 Å². The van der Waals surface area contributed by atoms with E-state index in [0.29, 0.717) is 23.8 Å². The van der Waals surface area contributed by atoms with Gasteiger partial charge in [0.05, 0.1) is 33.2 Å². The Kier molecular flexibility index (Phi) is 7.17. The van der Waals surface area contributed by atoms with E-state index in [1.54, 1.807) is 38.9 Å². The normalized spacial score (nSPS) is 11.9. The van der Waals surface area contributed by atoms with E-state index in [0.717, 1.165) is 21.6 Å². The third-order valence-corrected chi connectivity index (χ3v) is 6.00. The van der Waals surface area contributed by atoms with Gasteiger partial charge >= 0.3 is 0 Å². The molecular weight excluding hydrogens is 410 g/mol. The lowest BCUT2D eigenvalue weighted by molar-refractivity contribution is 0.324. The van der Waals surface area contributed by atoms with Crippen LogP contribution in [0.3, 0.4) is 0 Å². The maximum absolute atomic E-state index is 5.59. The molecule has 1 aromatic heterocycles. The second kappa shape index (κ2) is 9.83. The highest BCUT2D eigenvalue weighted by Crippen LogP contribution is 2.39. The average Bonchev–Trinajstić information content (AvgIpc) is 3.16. The van der Waals surface area contributed by atoms with Crippen LogP contribution in [-0.4, -0.2) is 38.8 Å². The number of hydrogen-bond donors (Lipinski definition) is 0. The molecule has 0 N–H and O–H groups in total. The topological polar surface area (TPSA) is 57.3 Å². The van der Waals surface area contributed by atoms with Crippen molar-refractivity contribution in [2.24, 2.45) is 10.1 Å². The number of rotatable bonds is 7. The molecule has 0 aliphatic carbocycles. The van der Waals surface area contributed by atoms with Gasteiger partial charge in [-0.25, -0.2) is 4.68 Å². The van der Waals surface area contributed by atoms with Gasteiger partial charge in [-0.15, -0.1) is 11.3 Å². The number of aryl methyl sites for hydroxylation is 3. The summed E-state index contributed by atoms with van der Waals surface area (Å²) in [5.74, 6) is 1.71. The number of aromatic nitrogens is 1. The molecule has 0 radical (unpaired) electrons. The number of ether oxygens (including phenoxy) is 3. The molecule has 0 spiro atoms. The van der Waals surface area contributed by atoms with Gasteiger partial charge in [-0.1, -0.05) is 6.07 Å². The predicted molar refractivity (Wildman–Crippen MR) is 127 cm³/mol. The van der Waals surface area contributed by atoms with Crippen molar-refractivity contribution in [3.8, 4) is 28.5 Å². The van der Waals surface area contributed by atoms with E-state index in [2.05, 4.69) is 43.3 Å². The fraction of sp³-hybridized carbons (Fsp3) is 0.333. The Bertz CT molecular complexity index is 1180. The molecule has 0 fully saturated rings. The van der Waals surface area contributed by atoms with Crippen molar-refractivity contribution in [2.45, 2.75) is 27.7 Å². The summed E-state index contributed by atoms with van der Waals surface area (Å²) in [6.45, 7) is 9.09. The monoisotopic (exact) mass is 439 g/mol. The van der Waals surface area contributed by atoms with Crippen molar-refractivity contribution >= 4 is 17.6 Å². The molecule has 1 heterocycles. The van der Waals surface area contributed by atoms with Crippen LogP contribution in [0.15, 0.2) is 39.7 Å². The first-order chi connectivity index (χ1) is 14.9. The molecule has 0 saturated carbocycles. The molecule has 0 saturated heterocycles. The molecule has 3 aromatic rings. The lowest BCUT2D eigenvalue weighted by atomic mass is 9.99. The summed E-state index contributed by atoms with van der Waals surface area (Å²) in [6.07, 6.45) is 1.77. The van der Waals surface area contributed by atoms with E-state index >= 15 is 0 Å². The molecule has 31 heavy (non-hydrogen) atoms. The highest BCUT2D eigenvalue weighted by molar-refractivity contribution is 7.07. The summed E-state index contributed by atoms with van der Waals surface area (Å²) in [7, 11) is 4.80. The summed E-state index contributed by atoms with van der Waals surface area (Å²) >= 11 is 1.58. The van der Waals surface area contributed by atoms with E-state index in [1.165, 1.54) is 16.7 Å². The molecule has 0 bridgehead atoms. The van der Waals surface area contributed by atoms with Crippen LogP contribution in [0.1, 0.15) is 29.2 Å². The highest BCUT2D eigenvalue weighted by atomic mass is 32.1. The van der Waals surface area contributed by atoms with E-state index < -0.39 is 0 Å². The minimum absolute atomic E-state index is 0.535. The number of benzene rings is 2. The lowest BCUT2D eigenvalue weighted by Crippen LogP contribution is -2.13. The number of nitrogens with zero attached hydrogens (tertiary/aromatic N) is 3. The van der Waals surface area contributed by atoms with Gasteiger partial charge in [0, 0.05) is 23.1 Å². The molecule has 0 aliphatic rings. The van der Waals surface area contributed by atoms with Crippen molar-refractivity contribution in [2.75, 3.05) is 27.9 Å². The Hall–Kier alpha value is -3.06. The van der Waals surface area contributed by atoms with Crippen molar-refractivity contribution in [3.05, 3.63) is 56.7 Å². The fourth-order valence-corrected chi connectivity index (χ4v) is 4.32. The molecule has 7 heteroatoms. The van der Waals surface area contributed by atoms with Gasteiger partial charge in [0.15, 0.2) is 11.5 Å². The second-order valence-electron chi connectivity index (χ2n) is 7.11. The first kappa shape index (κ1) is 22.6. The van der Waals surface area contributed by atoms with Crippen molar-refractivity contribution in [1.29, 1.82) is 0 Å². The van der Waals surface area contributed by atoms with E-state index in [9.17, 15) is 0 Å². The van der Waals surface area contributed by atoms with Crippen molar-refractivity contribution < 1.29 is 14.2 Å². The van der Waals surface area contributed by atoms with Gasteiger partial charge in [-0.05, 0) is 62.6 Å². The predicted octanol–water partition coefficient (Wildman–Crippen LogP) is 4.97. The molecule has 0 atom stereocenters. The zero-order valence-corrected chi connectivity index (χ0v) is 20.0. The van der Waals surface area contributed by atoms with Crippen LogP contribution >= 0.6 is 11.3 Å². The third kappa shape index (κ3) is 4.51. The summed E-state index contributed by atoms with van der Waals surface area (Å²) in [4.78, 5) is 5.47. The molecule has 2 aromatic carbocycles. The maximum atomic E-state index is 5.59. The van der Waals surface area contributed by atoms with E-state index in [1.807, 2.05) is 23.7 Å². The summed E-state index contributed by atoms with van der Waals surface area (Å²) < 4.78 is 18.4. The minimum Gasteiger partial charge on any atom is -0.493 e. The standard InChI is InChI=1S/C24H29N3O3S/c1-8-25-24-27(20(14-31-24)19-12-16(3)15(2)11-17(19)4)26-13-18-9-10-21(28-5)23(30-7)22(18)29-6/h9-14H,8H2,1-7H3. The van der Waals surface area contributed by atoms with Crippen LogP contribution in [0, 0.1) is 20.8 Å².